The number of aliphatic hydroxyl groups is 2. The fourth-order valence-corrected chi connectivity index (χ4v) is 4.87. The number of benzene rings is 1. The Bertz CT molecular complexity index is 1090. The van der Waals surface area contributed by atoms with Crippen molar-refractivity contribution in [3.63, 3.8) is 0 Å². The molecule has 0 spiro atoms. The second-order valence-corrected chi connectivity index (χ2v) is 10.6. The largest absolute Gasteiger partial charge is 0.457 e. The van der Waals surface area contributed by atoms with Crippen molar-refractivity contribution in [3.05, 3.63) is 41.7 Å². The fraction of sp³-hybridized carbons (Fsp3) is 0.607. The molecule has 1 aliphatic rings. The maximum atomic E-state index is 13.2. The number of ketones is 1. The Labute approximate surface area is 208 Å². The zero-order valence-electron chi connectivity index (χ0n) is 21.8. The number of cyclic esters (lactones) is 1. The number of aromatic nitrogens is 2. The Morgan fingerprint density at radius 2 is 1.86 bits per heavy atom. The van der Waals surface area contributed by atoms with Crippen LogP contribution in [0.25, 0.3) is 11.0 Å². The summed E-state index contributed by atoms with van der Waals surface area (Å²) in [6.45, 7) is 8.85. The van der Waals surface area contributed by atoms with Crippen LogP contribution in [0.4, 0.5) is 0 Å². The summed E-state index contributed by atoms with van der Waals surface area (Å²) in [5.74, 6) is -0.611. The van der Waals surface area contributed by atoms with E-state index >= 15 is 0 Å². The minimum atomic E-state index is -1.22. The molecule has 35 heavy (non-hydrogen) atoms. The molecule has 7 heteroatoms. The first-order chi connectivity index (χ1) is 16.4. The Morgan fingerprint density at radius 1 is 1.14 bits per heavy atom. The monoisotopic (exact) mass is 484 g/mol. The van der Waals surface area contributed by atoms with Crippen LogP contribution >= 0.6 is 0 Å². The quantitative estimate of drug-likeness (QED) is 0.454. The van der Waals surface area contributed by atoms with E-state index in [2.05, 4.69) is 11.1 Å². The molecular weight excluding hydrogens is 444 g/mol. The summed E-state index contributed by atoms with van der Waals surface area (Å²) in [6, 6.07) is 5.87. The molecule has 0 saturated heterocycles. The van der Waals surface area contributed by atoms with Crippen LogP contribution in [0.1, 0.15) is 77.3 Å². The normalized spacial score (nSPS) is 29.3. The van der Waals surface area contributed by atoms with Crippen LogP contribution in [0, 0.1) is 24.2 Å². The summed E-state index contributed by atoms with van der Waals surface area (Å²) >= 11 is 0. The third-order valence-corrected chi connectivity index (χ3v) is 7.66. The predicted molar refractivity (Wildman–Crippen MR) is 136 cm³/mol. The summed E-state index contributed by atoms with van der Waals surface area (Å²) in [5.41, 5.74) is 1.48. The Balaban J connectivity index is 1.89. The van der Waals surface area contributed by atoms with Crippen molar-refractivity contribution in [1.29, 1.82) is 0 Å². The van der Waals surface area contributed by atoms with E-state index in [0.29, 0.717) is 6.42 Å². The number of carbonyl (C=O) groups excluding carboxylic acids is 2. The molecule has 1 aromatic heterocycles. The number of hydrogen-bond donors (Lipinski definition) is 2. The molecule has 0 aliphatic carbocycles. The van der Waals surface area contributed by atoms with Gasteiger partial charge in [-0.2, -0.15) is 0 Å². The lowest BCUT2D eigenvalue weighted by atomic mass is 9.73. The van der Waals surface area contributed by atoms with Crippen LogP contribution in [0.2, 0.25) is 0 Å². The van der Waals surface area contributed by atoms with Crippen LogP contribution < -0.4 is 0 Å². The van der Waals surface area contributed by atoms with Gasteiger partial charge in [0.15, 0.2) is 0 Å². The number of Topliss-reactive ketones (excluding diaryl/α,β-unsaturated/α-hetero) is 1. The van der Waals surface area contributed by atoms with E-state index in [1.807, 2.05) is 49.7 Å². The van der Waals surface area contributed by atoms with Gasteiger partial charge < -0.3 is 19.5 Å². The number of imidazole rings is 1. The molecular formula is C28H40N2O5. The van der Waals surface area contributed by atoms with Crippen LogP contribution in [0.15, 0.2) is 30.4 Å². The molecule has 0 fully saturated rings. The molecule has 1 aromatic carbocycles. The molecule has 0 bridgehead atoms. The van der Waals surface area contributed by atoms with E-state index in [4.69, 9.17) is 4.74 Å². The van der Waals surface area contributed by atoms with Crippen LogP contribution in [-0.4, -0.2) is 43.7 Å². The number of esters is 1. The average Bonchev–Trinajstić information content (AvgIpc) is 3.10. The maximum absolute atomic E-state index is 13.2. The minimum Gasteiger partial charge on any atom is -0.457 e. The number of carbonyl (C=O) groups is 2. The standard InChI is InChI=1S/C28H40N2O5/c1-17-11-9-7-8-10-12-23(20-13-14-22-21(15-20)29-19(3)30(22)6)35-25(32)16-24(31)28(4,5)27(34)18(2)26(17)33/h8,10,13-15,17-18,23-24,26,31,33H,7,9,11-12,16H2,1-6H3/t17-,18+,23-,24-,26-/m0/s1. The summed E-state index contributed by atoms with van der Waals surface area (Å²) in [5, 5.41) is 21.6. The molecule has 2 N–H and O–H groups in total. The molecule has 0 saturated carbocycles. The van der Waals surface area contributed by atoms with E-state index in [-0.39, 0.29) is 18.1 Å². The lowest BCUT2D eigenvalue weighted by molar-refractivity contribution is -0.155. The van der Waals surface area contributed by atoms with Crippen molar-refractivity contribution in [3.8, 4) is 0 Å². The molecule has 1 aliphatic heterocycles. The zero-order chi connectivity index (χ0) is 25.9. The molecule has 0 amide bonds. The molecule has 3 rings (SSSR count). The third-order valence-electron chi connectivity index (χ3n) is 7.66. The highest BCUT2D eigenvalue weighted by Crippen LogP contribution is 2.33. The Hall–Kier alpha value is -2.51. The number of nitrogens with zero attached hydrogens (tertiary/aromatic N) is 2. The van der Waals surface area contributed by atoms with E-state index < -0.39 is 35.6 Å². The summed E-state index contributed by atoms with van der Waals surface area (Å²) in [4.78, 5) is 30.7. The summed E-state index contributed by atoms with van der Waals surface area (Å²) < 4.78 is 7.85. The first-order valence-corrected chi connectivity index (χ1v) is 12.6. The lowest BCUT2D eigenvalue weighted by Crippen LogP contribution is -2.45. The molecule has 0 radical (unpaired) electrons. The number of allylic oxidation sites excluding steroid dienone is 1. The molecule has 0 unspecified atom stereocenters. The van der Waals surface area contributed by atoms with Gasteiger partial charge >= 0.3 is 5.97 Å². The Morgan fingerprint density at radius 3 is 2.57 bits per heavy atom. The third kappa shape index (κ3) is 6.01. The van der Waals surface area contributed by atoms with Crippen molar-refractivity contribution in [2.45, 2.75) is 85.0 Å². The zero-order valence-corrected chi connectivity index (χ0v) is 21.8. The highest BCUT2D eigenvalue weighted by Gasteiger charge is 2.42. The van der Waals surface area contributed by atoms with E-state index in [1.54, 1.807) is 20.8 Å². The molecule has 2 aromatic rings. The number of hydrogen-bond acceptors (Lipinski definition) is 6. The van der Waals surface area contributed by atoms with Crippen LogP contribution in [0.3, 0.4) is 0 Å². The molecule has 2 heterocycles. The van der Waals surface area contributed by atoms with E-state index in [0.717, 1.165) is 41.7 Å². The average molecular weight is 485 g/mol. The number of fused-ring (bicyclic) bond motifs is 1. The van der Waals surface area contributed by atoms with Crippen molar-refractivity contribution < 1.29 is 24.5 Å². The number of aryl methyl sites for hydroxylation is 2. The van der Waals surface area contributed by atoms with Crippen molar-refractivity contribution in [1.82, 2.24) is 9.55 Å². The second kappa shape index (κ2) is 11.0. The van der Waals surface area contributed by atoms with Gasteiger partial charge in [-0.1, -0.05) is 45.9 Å². The van der Waals surface area contributed by atoms with Crippen molar-refractivity contribution >= 4 is 22.8 Å². The minimum absolute atomic E-state index is 0.0468. The molecule has 7 nitrogen and oxygen atoms in total. The Kier molecular flexibility index (Phi) is 8.54. The van der Waals surface area contributed by atoms with Gasteiger partial charge in [-0.3, -0.25) is 9.59 Å². The van der Waals surface area contributed by atoms with Gasteiger partial charge in [0.2, 0.25) is 0 Å². The van der Waals surface area contributed by atoms with Gasteiger partial charge in [-0.05, 0) is 49.8 Å². The smallest absolute Gasteiger partial charge is 0.309 e. The fourth-order valence-electron chi connectivity index (χ4n) is 4.87. The summed E-state index contributed by atoms with van der Waals surface area (Å²) in [7, 11) is 1.96. The number of rotatable bonds is 1. The lowest BCUT2D eigenvalue weighted by Gasteiger charge is -2.34. The molecule has 5 atom stereocenters. The highest BCUT2D eigenvalue weighted by molar-refractivity contribution is 5.88. The first kappa shape index (κ1) is 27.1. The van der Waals surface area contributed by atoms with Gasteiger partial charge in [0, 0.05) is 19.4 Å². The topological polar surface area (TPSA) is 102 Å². The van der Waals surface area contributed by atoms with Crippen molar-refractivity contribution in [2.75, 3.05) is 0 Å². The second-order valence-electron chi connectivity index (χ2n) is 10.6. The number of ether oxygens (including phenoxy) is 1. The van der Waals surface area contributed by atoms with Crippen LogP contribution in [-0.2, 0) is 21.4 Å². The van der Waals surface area contributed by atoms with Crippen molar-refractivity contribution in [2.24, 2.45) is 24.3 Å². The predicted octanol–water partition coefficient (Wildman–Crippen LogP) is 4.58. The van der Waals surface area contributed by atoms with Gasteiger partial charge in [0.1, 0.15) is 17.7 Å². The van der Waals surface area contributed by atoms with E-state index in [1.165, 1.54) is 0 Å². The molecule has 192 valence electrons. The van der Waals surface area contributed by atoms with Gasteiger partial charge in [-0.15, -0.1) is 0 Å². The van der Waals surface area contributed by atoms with Crippen LogP contribution in [0.5, 0.6) is 0 Å². The maximum Gasteiger partial charge on any atom is 0.309 e. The van der Waals surface area contributed by atoms with Gasteiger partial charge in [0.25, 0.3) is 0 Å². The van der Waals surface area contributed by atoms with Gasteiger partial charge in [-0.25, -0.2) is 4.98 Å². The number of aliphatic hydroxyl groups excluding tert-OH is 2. The van der Waals surface area contributed by atoms with Gasteiger partial charge in [0.05, 0.1) is 35.1 Å². The highest BCUT2D eigenvalue weighted by atomic mass is 16.5. The summed E-state index contributed by atoms with van der Waals surface area (Å²) in [6.07, 6.45) is 4.24. The first-order valence-electron chi connectivity index (χ1n) is 12.6. The SMILES string of the molecule is Cc1nc2cc([C@@H]3CC=CCCC[C@H](C)[C@H](O)[C@@H](C)C(=O)C(C)(C)[C@@H](O)CC(=O)O3)ccc2n1C. The van der Waals surface area contributed by atoms with E-state index in [9.17, 15) is 19.8 Å².